The molecule has 3 aromatic rings. The summed E-state index contributed by atoms with van der Waals surface area (Å²) in [6.45, 7) is 2.37. The van der Waals surface area contributed by atoms with Crippen molar-refractivity contribution in [2.45, 2.75) is 13.3 Å². The molecule has 0 heterocycles. The van der Waals surface area contributed by atoms with Crippen molar-refractivity contribution in [3.05, 3.63) is 94.5 Å². The van der Waals surface area contributed by atoms with Crippen LogP contribution in [0.3, 0.4) is 0 Å². The van der Waals surface area contributed by atoms with Crippen molar-refractivity contribution in [3.63, 3.8) is 0 Å². The number of nitrogens with one attached hydrogen (secondary N) is 2. The number of hydrogen-bond acceptors (Lipinski definition) is 6. The number of halogens is 1. The van der Waals surface area contributed by atoms with Gasteiger partial charge in [0.15, 0.2) is 0 Å². The highest BCUT2D eigenvalue weighted by Crippen LogP contribution is 2.17. The molecule has 0 atom stereocenters. The lowest BCUT2D eigenvalue weighted by atomic mass is 10.2. The number of ether oxygens (including phenoxy) is 2. The van der Waals surface area contributed by atoms with Crippen LogP contribution in [-0.4, -0.2) is 37.1 Å². The number of carbonyl (C=O) groups is 3. The molecule has 0 aromatic heterocycles. The summed E-state index contributed by atoms with van der Waals surface area (Å²) in [5, 5.41) is 6.63. The molecule has 35 heavy (non-hydrogen) atoms. The number of hydrazone groups is 1. The van der Waals surface area contributed by atoms with E-state index in [9.17, 15) is 14.4 Å². The number of hydrogen-bond donors (Lipinski definition) is 2. The zero-order chi connectivity index (χ0) is 25.0. The van der Waals surface area contributed by atoms with Gasteiger partial charge in [0, 0.05) is 0 Å². The quantitative estimate of drug-likeness (QED) is 0.190. The Hall–Kier alpha value is -4.17. The van der Waals surface area contributed by atoms with Crippen LogP contribution in [0.25, 0.3) is 0 Å². The monoisotopic (exact) mass is 493 g/mol. The number of rotatable bonds is 10. The Bertz CT molecular complexity index is 1190. The van der Waals surface area contributed by atoms with Crippen molar-refractivity contribution < 1.29 is 23.9 Å². The first-order valence-electron chi connectivity index (χ1n) is 10.9. The molecule has 2 amide bonds. The van der Waals surface area contributed by atoms with Gasteiger partial charge < -0.3 is 14.8 Å². The van der Waals surface area contributed by atoms with E-state index in [1.807, 2.05) is 6.92 Å². The first kappa shape index (κ1) is 25.5. The van der Waals surface area contributed by atoms with E-state index >= 15 is 0 Å². The molecule has 0 radical (unpaired) electrons. The fraction of sp³-hybridized carbons (Fsp3) is 0.154. The Labute approximate surface area is 207 Å². The number of esters is 1. The first-order valence-corrected chi connectivity index (χ1v) is 11.2. The molecule has 0 saturated heterocycles. The zero-order valence-electron chi connectivity index (χ0n) is 19.0. The Morgan fingerprint density at radius 2 is 1.63 bits per heavy atom. The molecular formula is C26H24ClN3O5. The van der Waals surface area contributed by atoms with Crippen molar-refractivity contribution in [1.82, 2.24) is 10.7 Å². The van der Waals surface area contributed by atoms with Gasteiger partial charge in [0.25, 0.3) is 11.8 Å². The summed E-state index contributed by atoms with van der Waals surface area (Å²) in [6.07, 6.45) is 2.33. The van der Waals surface area contributed by atoms with Crippen LogP contribution in [-0.2, 0) is 4.79 Å². The van der Waals surface area contributed by atoms with Gasteiger partial charge in [-0.15, -0.1) is 0 Å². The summed E-state index contributed by atoms with van der Waals surface area (Å²) in [6, 6.07) is 19.9. The summed E-state index contributed by atoms with van der Waals surface area (Å²) >= 11 is 5.96. The molecule has 0 aliphatic carbocycles. The van der Waals surface area contributed by atoms with Gasteiger partial charge in [0.1, 0.15) is 11.5 Å². The van der Waals surface area contributed by atoms with Gasteiger partial charge in [-0.2, -0.15) is 5.10 Å². The molecule has 0 bridgehead atoms. The lowest BCUT2D eigenvalue weighted by Crippen LogP contribution is -2.35. The fourth-order valence-electron chi connectivity index (χ4n) is 2.81. The maximum atomic E-state index is 12.3. The van der Waals surface area contributed by atoms with Crippen molar-refractivity contribution in [2.75, 3.05) is 13.2 Å². The molecule has 0 spiro atoms. The van der Waals surface area contributed by atoms with Crippen molar-refractivity contribution in [2.24, 2.45) is 5.10 Å². The van der Waals surface area contributed by atoms with E-state index in [4.69, 9.17) is 21.1 Å². The van der Waals surface area contributed by atoms with E-state index in [1.165, 1.54) is 6.21 Å². The van der Waals surface area contributed by atoms with Crippen LogP contribution >= 0.6 is 11.6 Å². The van der Waals surface area contributed by atoms with Gasteiger partial charge in [0.2, 0.25) is 0 Å². The normalized spacial score (nSPS) is 10.6. The summed E-state index contributed by atoms with van der Waals surface area (Å²) in [5.41, 5.74) is 3.68. The average molecular weight is 494 g/mol. The number of nitrogens with zero attached hydrogens (tertiary/aromatic N) is 1. The Morgan fingerprint density at radius 1 is 0.943 bits per heavy atom. The molecule has 0 aliphatic rings. The van der Waals surface area contributed by atoms with Crippen molar-refractivity contribution >= 4 is 35.6 Å². The molecule has 8 nitrogen and oxygen atoms in total. The standard InChI is InChI=1S/C26H24ClN3O5/c1-2-15-34-20-13-9-19(10-14-20)26(33)35-21-11-7-18(8-12-21)16-29-30-24(31)17-28-25(32)22-5-3-4-6-23(22)27/h3-14,16H,2,15,17H2,1H3,(H,28,32)(H,30,31). The van der Waals surface area contributed by atoms with Gasteiger partial charge in [-0.1, -0.05) is 30.7 Å². The minimum absolute atomic E-state index is 0.262. The minimum atomic E-state index is -0.502. The van der Waals surface area contributed by atoms with Crippen LogP contribution in [0.2, 0.25) is 5.02 Å². The van der Waals surface area contributed by atoms with E-state index in [1.54, 1.807) is 72.8 Å². The molecule has 180 valence electrons. The second kappa shape index (κ2) is 12.9. The lowest BCUT2D eigenvalue weighted by Gasteiger charge is -2.07. The molecule has 9 heteroatoms. The predicted molar refractivity (Wildman–Crippen MR) is 133 cm³/mol. The molecule has 3 rings (SSSR count). The number of amides is 2. The Kier molecular flexibility index (Phi) is 9.39. The Balaban J connectivity index is 1.44. The first-order chi connectivity index (χ1) is 17.0. The zero-order valence-corrected chi connectivity index (χ0v) is 19.7. The smallest absolute Gasteiger partial charge is 0.343 e. The minimum Gasteiger partial charge on any atom is -0.494 e. The largest absolute Gasteiger partial charge is 0.494 e. The van der Waals surface area contributed by atoms with Gasteiger partial charge in [0.05, 0.1) is 35.5 Å². The average Bonchev–Trinajstić information content (AvgIpc) is 2.87. The van der Waals surface area contributed by atoms with E-state index < -0.39 is 17.8 Å². The van der Waals surface area contributed by atoms with Gasteiger partial charge in [-0.05, 0) is 72.6 Å². The van der Waals surface area contributed by atoms with Crippen molar-refractivity contribution in [3.8, 4) is 11.5 Å². The second-order valence-corrected chi connectivity index (χ2v) is 7.69. The maximum Gasteiger partial charge on any atom is 0.343 e. The summed E-state index contributed by atoms with van der Waals surface area (Å²) < 4.78 is 10.9. The maximum absolute atomic E-state index is 12.3. The number of benzene rings is 3. The molecule has 0 fully saturated rings. The Morgan fingerprint density at radius 3 is 2.31 bits per heavy atom. The van der Waals surface area contributed by atoms with E-state index in [2.05, 4.69) is 15.8 Å². The van der Waals surface area contributed by atoms with E-state index in [0.29, 0.717) is 34.3 Å². The third kappa shape index (κ3) is 7.97. The highest BCUT2D eigenvalue weighted by molar-refractivity contribution is 6.33. The molecule has 0 saturated carbocycles. The summed E-state index contributed by atoms with van der Waals surface area (Å²) in [4.78, 5) is 36.3. The van der Waals surface area contributed by atoms with Crippen LogP contribution in [0.5, 0.6) is 11.5 Å². The molecule has 0 aliphatic heterocycles. The van der Waals surface area contributed by atoms with Crippen LogP contribution in [0.4, 0.5) is 0 Å². The van der Waals surface area contributed by atoms with E-state index in [0.717, 1.165) is 6.42 Å². The molecule has 2 N–H and O–H groups in total. The van der Waals surface area contributed by atoms with Crippen LogP contribution < -0.4 is 20.2 Å². The number of carbonyl (C=O) groups excluding carboxylic acids is 3. The van der Waals surface area contributed by atoms with Crippen LogP contribution in [0.15, 0.2) is 77.9 Å². The van der Waals surface area contributed by atoms with Gasteiger partial charge in [-0.25, -0.2) is 10.2 Å². The molecule has 3 aromatic carbocycles. The fourth-order valence-corrected chi connectivity index (χ4v) is 3.04. The predicted octanol–water partition coefficient (Wildman–Crippen LogP) is 4.23. The topological polar surface area (TPSA) is 106 Å². The third-order valence-electron chi connectivity index (χ3n) is 4.58. The molecular weight excluding hydrogens is 470 g/mol. The van der Waals surface area contributed by atoms with E-state index in [-0.39, 0.29) is 12.1 Å². The highest BCUT2D eigenvalue weighted by atomic mass is 35.5. The van der Waals surface area contributed by atoms with Crippen LogP contribution in [0, 0.1) is 0 Å². The third-order valence-corrected chi connectivity index (χ3v) is 4.91. The second-order valence-electron chi connectivity index (χ2n) is 7.29. The summed E-state index contributed by atoms with van der Waals surface area (Å²) in [7, 11) is 0. The lowest BCUT2D eigenvalue weighted by molar-refractivity contribution is -0.120. The SMILES string of the molecule is CCCOc1ccc(C(=O)Oc2ccc(C=NNC(=O)CNC(=O)c3ccccc3Cl)cc2)cc1. The summed E-state index contributed by atoms with van der Waals surface area (Å²) in [5.74, 6) is -0.384. The van der Waals surface area contributed by atoms with Crippen molar-refractivity contribution in [1.29, 1.82) is 0 Å². The van der Waals surface area contributed by atoms with Crippen LogP contribution in [0.1, 0.15) is 39.6 Å². The molecule has 0 unspecified atom stereocenters. The highest BCUT2D eigenvalue weighted by Gasteiger charge is 2.11. The van der Waals surface area contributed by atoms with Gasteiger partial charge >= 0.3 is 5.97 Å². The van der Waals surface area contributed by atoms with Gasteiger partial charge in [-0.3, -0.25) is 9.59 Å².